The van der Waals surface area contributed by atoms with Crippen molar-refractivity contribution < 1.29 is 13.9 Å². The quantitative estimate of drug-likeness (QED) is 0.865. The summed E-state index contributed by atoms with van der Waals surface area (Å²) < 4.78 is 19.1. The molecule has 0 saturated carbocycles. The zero-order valence-electron chi connectivity index (χ0n) is 15.3. The van der Waals surface area contributed by atoms with Crippen molar-refractivity contribution in [3.05, 3.63) is 53.1 Å². The van der Waals surface area contributed by atoms with Gasteiger partial charge in [-0.25, -0.2) is 9.18 Å². The Morgan fingerprint density at radius 1 is 1.30 bits per heavy atom. The highest BCUT2D eigenvalue weighted by Crippen LogP contribution is 2.31. The molecule has 1 fully saturated rings. The van der Waals surface area contributed by atoms with Crippen LogP contribution >= 0.6 is 11.6 Å². The van der Waals surface area contributed by atoms with Crippen LogP contribution in [0.5, 0.6) is 5.75 Å². The maximum absolute atomic E-state index is 13.9. The van der Waals surface area contributed by atoms with E-state index in [1.165, 1.54) is 6.20 Å². The SMILES string of the molecule is COc1cccc([C@@H](C)NC(=O)N2CCN(c3ccncc3F)CC2)c1Cl. The smallest absolute Gasteiger partial charge is 0.317 e. The highest BCUT2D eigenvalue weighted by Gasteiger charge is 2.24. The van der Waals surface area contributed by atoms with Crippen molar-refractivity contribution in [2.75, 3.05) is 38.2 Å². The van der Waals surface area contributed by atoms with Crippen LogP contribution in [0.2, 0.25) is 5.02 Å². The molecule has 1 aliphatic rings. The maximum atomic E-state index is 13.9. The number of halogens is 2. The number of aromatic nitrogens is 1. The van der Waals surface area contributed by atoms with Gasteiger partial charge in [0.1, 0.15) is 5.75 Å². The highest BCUT2D eigenvalue weighted by molar-refractivity contribution is 6.32. The molecule has 1 aliphatic heterocycles. The summed E-state index contributed by atoms with van der Waals surface area (Å²) in [5, 5.41) is 3.46. The average molecular weight is 393 g/mol. The third-order valence-electron chi connectivity index (χ3n) is 4.68. The van der Waals surface area contributed by atoms with Crippen LogP contribution in [0.15, 0.2) is 36.7 Å². The summed E-state index contributed by atoms with van der Waals surface area (Å²) in [7, 11) is 1.55. The van der Waals surface area contributed by atoms with E-state index in [1.54, 1.807) is 30.3 Å². The van der Waals surface area contributed by atoms with E-state index >= 15 is 0 Å². The van der Waals surface area contributed by atoms with Gasteiger partial charge in [0.25, 0.3) is 0 Å². The first kappa shape index (κ1) is 19.2. The van der Waals surface area contributed by atoms with Gasteiger partial charge in [0, 0.05) is 32.4 Å². The molecule has 1 aromatic heterocycles. The van der Waals surface area contributed by atoms with Crippen LogP contribution < -0.4 is 15.0 Å². The van der Waals surface area contributed by atoms with Crippen molar-refractivity contribution in [3.8, 4) is 5.75 Å². The number of anilines is 1. The van der Waals surface area contributed by atoms with Crippen molar-refractivity contribution in [2.24, 2.45) is 0 Å². The summed E-state index contributed by atoms with van der Waals surface area (Å²) in [4.78, 5) is 20.0. The second-order valence-electron chi connectivity index (χ2n) is 6.34. The molecular weight excluding hydrogens is 371 g/mol. The molecule has 1 saturated heterocycles. The van der Waals surface area contributed by atoms with E-state index in [9.17, 15) is 9.18 Å². The van der Waals surface area contributed by atoms with E-state index in [4.69, 9.17) is 16.3 Å². The molecule has 2 amide bonds. The number of amides is 2. The lowest BCUT2D eigenvalue weighted by Gasteiger charge is -2.36. The molecule has 0 bridgehead atoms. The fourth-order valence-corrected chi connectivity index (χ4v) is 3.52. The van der Waals surface area contributed by atoms with Gasteiger partial charge in [-0.15, -0.1) is 0 Å². The number of hydrogen-bond acceptors (Lipinski definition) is 4. The summed E-state index contributed by atoms with van der Waals surface area (Å²) in [6, 6.07) is 6.69. The maximum Gasteiger partial charge on any atom is 0.317 e. The minimum atomic E-state index is -0.350. The van der Waals surface area contributed by atoms with Crippen molar-refractivity contribution in [3.63, 3.8) is 0 Å². The molecule has 2 heterocycles. The Balaban J connectivity index is 1.59. The molecule has 3 rings (SSSR count). The summed E-state index contributed by atoms with van der Waals surface area (Å²) in [6.45, 7) is 4.00. The molecule has 2 aromatic rings. The molecule has 6 nitrogen and oxygen atoms in total. The van der Waals surface area contributed by atoms with E-state index in [0.29, 0.717) is 42.6 Å². The number of nitrogens with one attached hydrogen (secondary N) is 1. The molecule has 0 aliphatic carbocycles. The minimum Gasteiger partial charge on any atom is -0.495 e. The minimum absolute atomic E-state index is 0.170. The van der Waals surface area contributed by atoms with Gasteiger partial charge in [0.05, 0.1) is 30.1 Å². The molecule has 0 radical (unpaired) electrons. The van der Waals surface area contributed by atoms with Crippen molar-refractivity contribution in [1.29, 1.82) is 0 Å². The van der Waals surface area contributed by atoms with Gasteiger partial charge in [-0.3, -0.25) is 4.98 Å². The molecule has 144 valence electrons. The van der Waals surface area contributed by atoms with E-state index in [1.807, 2.05) is 24.0 Å². The van der Waals surface area contributed by atoms with E-state index in [0.717, 1.165) is 5.56 Å². The number of nitrogens with zero attached hydrogens (tertiary/aromatic N) is 3. The number of methoxy groups -OCH3 is 1. The van der Waals surface area contributed by atoms with Crippen LogP contribution in [-0.2, 0) is 0 Å². The first-order valence-electron chi connectivity index (χ1n) is 8.73. The van der Waals surface area contributed by atoms with Gasteiger partial charge >= 0.3 is 6.03 Å². The summed E-state index contributed by atoms with van der Waals surface area (Å²) >= 11 is 6.34. The van der Waals surface area contributed by atoms with Gasteiger partial charge < -0.3 is 19.9 Å². The Kier molecular flexibility index (Phi) is 6.01. The first-order chi connectivity index (χ1) is 13.0. The number of carbonyl (C=O) groups is 1. The standard InChI is InChI=1S/C19H22ClFN4O2/c1-13(14-4-3-5-17(27-2)18(14)20)23-19(26)25-10-8-24(9-11-25)16-6-7-22-12-15(16)21/h3-7,12-13H,8-11H2,1-2H3,(H,23,26)/t13-/m1/s1. The Hall–Kier alpha value is -2.54. The largest absolute Gasteiger partial charge is 0.495 e. The zero-order chi connectivity index (χ0) is 19.4. The van der Waals surface area contributed by atoms with Crippen LogP contribution in [0, 0.1) is 5.82 Å². The predicted molar refractivity (Wildman–Crippen MR) is 103 cm³/mol. The summed E-state index contributed by atoms with van der Waals surface area (Å²) in [5.41, 5.74) is 1.31. The van der Waals surface area contributed by atoms with Crippen LogP contribution in [0.1, 0.15) is 18.5 Å². The molecule has 1 aromatic carbocycles. The average Bonchev–Trinajstić information content (AvgIpc) is 2.68. The van der Waals surface area contributed by atoms with E-state index in [-0.39, 0.29) is 17.9 Å². The van der Waals surface area contributed by atoms with Gasteiger partial charge in [-0.05, 0) is 24.6 Å². The first-order valence-corrected chi connectivity index (χ1v) is 9.11. The Morgan fingerprint density at radius 3 is 2.70 bits per heavy atom. The van der Waals surface area contributed by atoms with Gasteiger partial charge in [-0.1, -0.05) is 23.7 Å². The number of urea groups is 1. The molecule has 0 unspecified atom stereocenters. The molecule has 27 heavy (non-hydrogen) atoms. The van der Waals surface area contributed by atoms with Crippen LogP contribution in [0.25, 0.3) is 0 Å². The van der Waals surface area contributed by atoms with Gasteiger partial charge in [0.15, 0.2) is 5.82 Å². The monoisotopic (exact) mass is 392 g/mol. The van der Waals surface area contributed by atoms with Crippen molar-refractivity contribution in [2.45, 2.75) is 13.0 Å². The zero-order valence-corrected chi connectivity index (χ0v) is 16.0. The van der Waals surface area contributed by atoms with E-state index < -0.39 is 0 Å². The summed E-state index contributed by atoms with van der Waals surface area (Å²) in [6.07, 6.45) is 2.77. The molecule has 0 spiro atoms. The number of carbonyl (C=O) groups excluding carboxylic acids is 1. The molecular formula is C19H22ClFN4O2. The van der Waals surface area contributed by atoms with Crippen LogP contribution in [0.3, 0.4) is 0 Å². The topological polar surface area (TPSA) is 57.7 Å². The number of piperazine rings is 1. The van der Waals surface area contributed by atoms with Crippen LogP contribution in [-0.4, -0.2) is 49.2 Å². The lowest BCUT2D eigenvalue weighted by Crippen LogP contribution is -2.52. The van der Waals surface area contributed by atoms with Gasteiger partial charge in [-0.2, -0.15) is 0 Å². The Morgan fingerprint density at radius 2 is 2.04 bits per heavy atom. The fraction of sp³-hybridized carbons (Fsp3) is 0.368. The Bertz CT molecular complexity index is 812. The summed E-state index contributed by atoms with van der Waals surface area (Å²) in [5.74, 6) is 0.222. The van der Waals surface area contributed by atoms with Crippen LogP contribution in [0.4, 0.5) is 14.9 Å². The van der Waals surface area contributed by atoms with Gasteiger partial charge in [0.2, 0.25) is 0 Å². The van der Waals surface area contributed by atoms with E-state index in [2.05, 4.69) is 10.3 Å². The number of pyridine rings is 1. The van der Waals surface area contributed by atoms with Crippen molar-refractivity contribution in [1.82, 2.24) is 15.2 Å². The third-order valence-corrected chi connectivity index (χ3v) is 5.08. The third kappa shape index (κ3) is 4.24. The highest BCUT2D eigenvalue weighted by atomic mass is 35.5. The predicted octanol–water partition coefficient (Wildman–Crippen LogP) is 3.48. The second-order valence-corrected chi connectivity index (χ2v) is 6.71. The molecule has 1 N–H and O–H groups in total. The second kappa shape index (κ2) is 8.43. The fourth-order valence-electron chi connectivity index (χ4n) is 3.15. The molecule has 8 heteroatoms. The Labute approximate surface area is 162 Å². The lowest BCUT2D eigenvalue weighted by atomic mass is 10.1. The number of benzene rings is 1. The normalized spacial score (nSPS) is 15.4. The van der Waals surface area contributed by atoms with Crippen molar-refractivity contribution >= 4 is 23.3 Å². The number of hydrogen-bond donors (Lipinski definition) is 1. The number of ether oxygens (including phenoxy) is 1. The molecule has 1 atom stereocenters. The number of rotatable bonds is 4. The lowest BCUT2D eigenvalue weighted by molar-refractivity contribution is 0.191.